The second-order valence-electron chi connectivity index (χ2n) is 0.922. The molecule has 8 nitrogen and oxygen atoms in total. The van der Waals surface area contributed by atoms with Gasteiger partial charge in [-0.3, -0.25) is 0 Å². The summed E-state index contributed by atoms with van der Waals surface area (Å²) in [5.41, 5.74) is 0. The summed E-state index contributed by atoms with van der Waals surface area (Å²) in [6.07, 6.45) is 0. The van der Waals surface area contributed by atoms with Crippen LogP contribution < -0.4 is 8.32 Å². The first kappa shape index (κ1) is 23.5. The Morgan fingerprint density at radius 1 is 1.00 bits per heavy atom. The van der Waals surface area contributed by atoms with Crippen LogP contribution in [0, 0.1) is 0 Å². The van der Waals surface area contributed by atoms with Gasteiger partial charge in [0.05, 0.1) is 0 Å². The molecule has 0 rings (SSSR count). The van der Waals surface area contributed by atoms with Gasteiger partial charge < -0.3 is 14.7 Å². The topological polar surface area (TPSA) is 158 Å². The number of hydrogen-bond donors (Lipinski definition) is 3. The van der Waals surface area contributed by atoms with E-state index in [0.717, 1.165) is 0 Å². The summed E-state index contributed by atoms with van der Waals surface area (Å²) in [7, 11) is -4.64. The van der Waals surface area contributed by atoms with Crippen molar-refractivity contribution >= 4 is 7.82 Å². The molecule has 84 valence electrons. The van der Waals surface area contributed by atoms with Gasteiger partial charge in [-0.1, -0.05) is 0 Å². The zero-order valence-electron chi connectivity index (χ0n) is 4.84. The summed E-state index contributed by atoms with van der Waals surface area (Å²) in [5.74, 6) is 0. The summed E-state index contributed by atoms with van der Waals surface area (Å²) in [4.78, 5) is 21.6. The van der Waals surface area contributed by atoms with E-state index in [-0.39, 0.29) is 44.8 Å². The standard InChI is InChI=1S/2Ag.Cr.H3O4P.4O/c;;;1-5(2,3)4;;;;/h;;;(H3,1,2,3,4);;;;/q2*+1;;;;;2*-1. The van der Waals surface area contributed by atoms with E-state index in [0.29, 0.717) is 0 Å². The van der Waals surface area contributed by atoms with E-state index in [9.17, 15) is 0 Å². The van der Waals surface area contributed by atoms with Crippen molar-refractivity contribution in [2.45, 2.75) is 0 Å². The summed E-state index contributed by atoms with van der Waals surface area (Å²) in [6, 6.07) is 0. The second kappa shape index (κ2) is 9.21. The Kier molecular flexibility index (Phi) is 18.0. The minimum absolute atomic E-state index is 0. The van der Waals surface area contributed by atoms with E-state index >= 15 is 0 Å². The molecule has 0 aliphatic heterocycles. The second-order valence-corrected chi connectivity index (χ2v) is 3.22. The Bertz CT molecular complexity index is 195. The Morgan fingerprint density at radius 3 is 1.00 bits per heavy atom. The molecule has 0 aliphatic rings. The van der Waals surface area contributed by atoms with Crippen LogP contribution in [-0.4, -0.2) is 14.7 Å². The zero-order valence-corrected chi connectivity index (χ0v) is 9.98. The fraction of sp³-hybridized carbons (Fsp3) is 0. The van der Waals surface area contributed by atoms with Crippen molar-refractivity contribution in [2.75, 3.05) is 0 Å². The molecule has 0 aromatic heterocycles. The van der Waals surface area contributed by atoms with E-state index in [2.05, 4.69) is 0 Å². The van der Waals surface area contributed by atoms with Crippen molar-refractivity contribution < 1.29 is 93.5 Å². The van der Waals surface area contributed by atoms with Crippen molar-refractivity contribution in [2.24, 2.45) is 0 Å². The van der Waals surface area contributed by atoms with Crippen LogP contribution in [0.2, 0.25) is 0 Å². The predicted octanol–water partition coefficient (Wildman–Crippen LogP) is -3.55. The molecule has 0 bridgehead atoms. The molecule has 0 fully saturated rings. The van der Waals surface area contributed by atoms with Crippen molar-refractivity contribution in [1.29, 1.82) is 0 Å². The summed E-state index contributed by atoms with van der Waals surface area (Å²) >= 11 is -5.75. The van der Waals surface area contributed by atoms with Crippen LogP contribution in [0.25, 0.3) is 0 Å². The fourth-order valence-electron chi connectivity index (χ4n) is 0. The van der Waals surface area contributed by atoms with Gasteiger partial charge in [0, 0.05) is 0 Å². The molecule has 12 heavy (non-hydrogen) atoms. The number of hydrogen-bond acceptors (Lipinski definition) is 5. The van der Waals surface area contributed by atoms with Gasteiger partial charge >= 0.3 is 82.1 Å². The van der Waals surface area contributed by atoms with Crippen LogP contribution in [0.15, 0.2) is 0 Å². The van der Waals surface area contributed by atoms with Crippen LogP contribution in [0.1, 0.15) is 0 Å². The van der Waals surface area contributed by atoms with Crippen LogP contribution in [-0.2, 0) is 70.5 Å². The van der Waals surface area contributed by atoms with Crippen LogP contribution in [0.3, 0.4) is 0 Å². The van der Waals surface area contributed by atoms with E-state index in [1.54, 1.807) is 0 Å². The average Bonchev–Trinajstić information content (AvgIpc) is 1.12. The van der Waals surface area contributed by atoms with Gasteiger partial charge in [0.2, 0.25) is 0 Å². The predicted molar refractivity (Wildman–Crippen MR) is 15.6 cm³/mol. The normalized spacial score (nSPS) is 9.75. The van der Waals surface area contributed by atoms with Gasteiger partial charge in [-0.25, -0.2) is 4.57 Å². The van der Waals surface area contributed by atoms with Crippen LogP contribution in [0.5, 0.6) is 0 Å². The van der Waals surface area contributed by atoms with E-state index in [4.69, 9.17) is 35.2 Å². The summed E-state index contributed by atoms with van der Waals surface area (Å²) in [6.45, 7) is 0. The third-order valence-electron chi connectivity index (χ3n) is 0. The van der Waals surface area contributed by atoms with Crippen molar-refractivity contribution in [3.05, 3.63) is 0 Å². The van der Waals surface area contributed by atoms with E-state index in [1.165, 1.54) is 0 Å². The molecule has 0 saturated heterocycles. The maximum atomic E-state index is 8.88. The van der Waals surface area contributed by atoms with Gasteiger partial charge in [-0.05, 0) is 0 Å². The van der Waals surface area contributed by atoms with Crippen molar-refractivity contribution in [3.63, 3.8) is 0 Å². The van der Waals surface area contributed by atoms with Crippen molar-refractivity contribution in [1.82, 2.24) is 0 Å². The minimum atomic E-state index is -5.75. The Balaban J connectivity index is -0.0000000457. The molecule has 0 spiro atoms. The third-order valence-corrected chi connectivity index (χ3v) is 0. The Labute approximate surface area is 101 Å². The summed E-state index contributed by atoms with van der Waals surface area (Å²) < 4.78 is 43.3. The molecule has 0 unspecified atom stereocenters. The van der Waals surface area contributed by atoms with E-state index in [1.807, 2.05) is 0 Å². The molecule has 0 aliphatic carbocycles. The van der Waals surface area contributed by atoms with Gasteiger partial charge in [0.25, 0.3) is 0 Å². The molecule has 0 aromatic rings. The first-order valence-electron chi connectivity index (χ1n) is 1.45. The maximum absolute atomic E-state index is 8.88. The van der Waals surface area contributed by atoms with Gasteiger partial charge in [0.1, 0.15) is 0 Å². The molecule has 0 aromatic carbocycles. The summed E-state index contributed by atoms with van der Waals surface area (Å²) in [5, 5.41) is 0. The third kappa shape index (κ3) is 489. The van der Waals surface area contributed by atoms with Gasteiger partial charge in [0.15, 0.2) is 0 Å². The number of rotatable bonds is 0. The first-order chi connectivity index (χ1) is 4.00. The molecule has 0 atom stereocenters. The SMILES string of the molecule is O=P(O)(O)O.[Ag+].[Ag+].[O]=[Cr](=[O])([O-])[O-]. The molecule has 0 amide bonds. The molecular weight excluding hydrogens is 427 g/mol. The van der Waals surface area contributed by atoms with Gasteiger partial charge in [-0.15, -0.1) is 0 Å². The molecule has 3 N–H and O–H groups in total. The Morgan fingerprint density at radius 2 is 1.00 bits per heavy atom. The monoisotopic (exact) mass is 428 g/mol. The Hall–Kier alpha value is 1.64. The van der Waals surface area contributed by atoms with Crippen molar-refractivity contribution in [3.8, 4) is 0 Å². The zero-order chi connectivity index (χ0) is 9.00. The van der Waals surface area contributed by atoms with Crippen LogP contribution >= 0.6 is 7.82 Å². The fourth-order valence-corrected chi connectivity index (χ4v) is 0. The quantitative estimate of drug-likeness (QED) is 0.264. The average molecular weight is 430 g/mol. The molecular formula is H3Ag2CrO8P. The van der Waals surface area contributed by atoms with E-state index < -0.39 is 21.4 Å². The van der Waals surface area contributed by atoms with Crippen LogP contribution in [0.4, 0.5) is 0 Å². The molecule has 0 heterocycles. The first-order valence-corrected chi connectivity index (χ1v) is 5.10. The number of phosphoric acid groups is 1. The molecule has 0 radical (unpaired) electrons. The van der Waals surface area contributed by atoms with Gasteiger partial charge in [-0.2, -0.15) is 0 Å². The molecule has 12 heteroatoms. The molecule has 0 saturated carbocycles.